The lowest BCUT2D eigenvalue weighted by Gasteiger charge is -2.08. The third-order valence-corrected chi connectivity index (χ3v) is 3.89. The molecule has 0 saturated carbocycles. The van der Waals surface area contributed by atoms with Crippen LogP contribution in [0, 0.1) is 11.6 Å². The molecular formula is C14H9ClF2O2S. The summed E-state index contributed by atoms with van der Waals surface area (Å²) in [7, 11) is 0. The van der Waals surface area contributed by atoms with E-state index in [-0.39, 0.29) is 11.4 Å². The first kappa shape index (κ1) is 14.8. The second-order valence-corrected chi connectivity index (χ2v) is 5.52. The van der Waals surface area contributed by atoms with Crippen molar-refractivity contribution >= 4 is 29.3 Å². The van der Waals surface area contributed by atoms with E-state index in [0.29, 0.717) is 15.4 Å². The minimum absolute atomic E-state index is 0.000600. The van der Waals surface area contributed by atoms with Gasteiger partial charge in [-0.2, -0.15) is 0 Å². The molecule has 20 heavy (non-hydrogen) atoms. The fraction of sp³-hybridized carbons (Fsp3) is 0.0714. The van der Waals surface area contributed by atoms with E-state index in [9.17, 15) is 13.6 Å². The number of carbonyl (C=O) groups is 1. The molecule has 0 fully saturated rings. The summed E-state index contributed by atoms with van der Waals surface area (Å²) in [5.74, 6) is -2.07. The molecule has 6 heteroatoms. The van der Waals surface area contributed by atoms with Crippen LogP contribution in [0.1, 0.15) is 5.56 Å². The number of aliphatic carboxylic acids is 1. The SMILES string of the molecule is O=C(O)Cc1ccc(F)cc1Sc1ccc(Cl)c(F)c1. The summed E-state index contributed by atoms with van der Waals surface area (Å²) in [5.41, 5.74) is 0.472. The third-order valence-electron chi connectivity index (χ3n) is 2.49. The highest BCUT2D eigenvalue weighted by atomic mass is 35.5. The summed E-state index contributed by atoms with van der Waals surface area (Å²) in [5, 5.41) is 8.83. The van der Waals surface area contributed by atoms with Gasteiger partial charge in [-0.05, 0) is 35.9 Å². The Morgan fingerprint density at radius 1 is 1.20 bits per heavy atom. The molecule has 104 valence electrons. The van der Waals surface area contributed by atoms with Crippen LogP contribution in [0.15, 0.2) is 46.2 Å². The summed E-state index contributed by atoms with van der Waals surface area (Å²) < 4.78 is 26.6. The van der Waals surface area contributed by atoms with Crippen LogP contribution in [0.25, 0.3) is 0 Å². The Labute approximate surface area is 123 Å². The van der Waals surface area contributed by atoms with Gasteiger partial charge in [0.15, 0.2) is 0 Å². The molecule has 0 bridgehead atoms. The van der Waals surface area contributed by atoms with Gasteiger partial charge in [-0.15, -0.1) is 0 Å². The van der Waals surface area contributed by atoms with Gasteiger partial charge in [0, 0.05) is 9.79 Å². The topological polar surface area (TPSA) is 37.3 Å². The Morgan fingerprint density at radius 3 is 2.60 bits per heavy atom. The van der Waals surface area contributed by atoms with Crippen LogP contribution in [0.3, 0.4) is 0 Å². The molecule has 0 atom stereocenters. The van der Waals surface area contributed by atoms with Crippen molar-refractivity contribution < 1.29 is 18.7 Å². The van der Waals surface area contributed by atoms with Crippen molar-refractivity contribution in [1.29, 1.82) is 0 Å². The molecule has 0 radical (unpaired) electrons. The summed E-state index contributed by atoms with van der Waals surface area (Å²) in [6.07, 6.45) is -0.224. The molecule has 0 aliphatic carbocycles. The van der Waals surface area contributed by atoms with Crippen molar-refractivity contribution in [3.8, 4) is 0 Å². The Balaban J connectivity index is 2.33. The molecule has 0 aromatic heterocycles. The van der Waals surface area contributed by atoms with Gasteiger partial charge in [0.2, 0.25) is 0 Å². The second-order valence-electron chi connectivity index (χ2n) is 4.00. The van der Waals surface area contributed by atoms with Gasteiger partial charge in [-0.3, -0.25) is 4.79 Å². The standard InChI is InChI=1S/C14H9ClF2O2S/c15-11-4-3-10(7-12(11)17)20-13-6-9(16)2-1-8(13)5-14(18)19/h1-4,6-7H,5H2,(H,18,19). The summed E-state index contributed by atoms with van der Waals surface area (Å²) in [4.78, 5) is 11.7. The van der Waals surface area contributed by atoms with Gasteiger partial charge < -0.3 is 5.11 Å². The van der Waals surface area contributed by atoms with E-state index in [1.807, 2.05) is 0 Å². The molecule has 2 nitrogen and oxygen atoms in total. The summed E-state index contributed by atoms with van der Waals surface area (Å²) >= 11 is 6.68. The lowest BCUT2D eigenvalue weighted by molar-refractivity contribution is -0.136. The number of benzene rings is 2. The van der Waals surface area contributed by atoms with Crippen LogP contribution < -0.4 is 0 Å². The molecule has 2 aromatic rings. The molecule has 1 N–H and O–H groups in total. The van der Waals surface area contributed by atoms with Crippen molar-refractivity contribution in [2.24, 2.45) is 0 Å². The highest BCUT2D eigenvalue weighted by molar-refractivity contribution is 7.99. The van der Waals surface area contributed by atoms with Crippen molar-refractivity contribution in [3.63, 3.8) is 0 Å². The van der Waals surface area contributed by atoms with E-state index in [1.165, 1.54) is 30.3 Å². The monoisotopic (exact) mass is 314 g/mol. The first-order chi connectivity index (χ1) is 9.45. The summed E-state index contributed by atoms with van der Waals surface area (Å²) in [6.45, 7) is 0. The molecule has 0 aliphatic rings. The van der Waals surface area contributed by atoms with E-state index in [0.717, 1.165) is 11.8 Å². The van der Waals surface area contributed by atoms with Crippen LogP contribution in [0.5, 0.6) is 0 Å². The zero-order valence-electron chi connectivity index (χ0n) is 10.1. The largest absolute Gasteiger partial charge is 0.481 e. The Kier molecular flexibility index (Phi) is 4.62. The van der Waals surface area contributed by atoms with E-state index in [4.69, 9.17) is 16.7 Å². The molecular weight excluding hydrogens is 306 g/mol. The van der Waals surface area contributed by atoms with Crippen LogP contribution in [0.4, 0.5) is 8.78 Å². The normalized spacial score (nSPS) is 10.6. The second kappa shape index (κ2) is 6.24. The highest BCUT2D eigenvalue weighted by Gasteiger charge is 2.11. The zero-order chi connectivity index (χ0) is 14.7. The van der Waals surface area contributed by atoms with Crippen LogP contribution in [0.2, 0.25) is 5.02 Å². The molecule has 0 aliphatic heterocycles. The maximum atomic E-state index is 13.4. The average Bonchev–Trinajstić information content (AvgIpc) is 2.37. The Morgan fingerprint density at radius 2 is 1.95 bits per heavy atom. The maximum absolute atomic E-state index is 13.4. The predicted octanol–water partition coefficient (Wildman–Crippen LogP) is 4.40. The molecule has 0 saturated heterocycles. The average molecular weight is 315 g/mol. The number of rotatable bonds is 4. The fourth-order valence-corrected chi connectivity index (χ4v) is 2.71. The first-order valence-corrected chi connectivity index (χ1v) is 6.78. The minimum Gasteiger partial charge on any atom is -0.481 e. The number of hydrogen-bond donors (Lipinski definition) is 1. The third kappa shape index (κ3) is 3.71. The van der Waals surface area contributed by atoms with Crippen molar-refractivity contribution in [2.75, 3.05) is 0 Å². The van der Waals surface area contributed by atoms with Crippen LogP contribution >= 0.6 is 23.4 Å². The summed E-state index contributed by atoms with van der Waals surface area (Å²) in [6, 6.07) is 8.06. The van der Waals surface area contributed by atoms with Crippen molar-refractivity contribution in [1.82, 2.24) is 0 Å². The molecule has 2 rings (SSSR count). The van der Waals surface area contributed by atoms with Crippen LogP contribution in [-0.4, -0.2) is 11.1 Å². The smallest absolute Gasteiger partial charge is 0.307 e. The van der Waals surface area contributed by atoms with E-state index >= 15 is 0 Å². The lowest BCUT2D eigenvalue weighted by atomic mass is 10.1. The van der Waals surface area contributed by atoms with Gasteiger partial charge in [0.1, 0.15) is 11.6 Å². The number of halogens is 3. The Hall–Kier alpha value is -1.59. The van der Waals surface area contributed by atoms with Crippen molar-refractivity contribution in [2.45, 2.75) is 16.2 Å². The van der Waals surface area contributed by atoms with E-state index < -0.39 is 17.6 Å². The van der Waals surface area contributed by atoms with Crippen molar-refractivity contribution in [3.05, 3.63) is 58.6 Å². The minimum atomic E-state index is -1.01. The quantitative estimate of drug-likeness (QED) is 0.909. The molecule has 2 aromatic carbocycles. The Bertz CT molecular complexity index is 662. The van der Waals surface area contributed by atoms with Gasteiger partial charge in [-0.25, -0.2) is 8.78 Å². The number of hydrogen-bond acceptors (Lipinski definition) is 2. The fourth-order valence-electron chi connectivity index (χ4n) is 1.60. The van der Waals surface area contributed by atoms with E-state index in [2.05, 4.69) is 0 Å². The molecule has 0 spiro atoms. The van der Waals surface area contributed by atoms with Gasteiger partial charge in [0.25, 0.3) is 0 Å². The van der Waals surface area contributed by atoms with Crippen LogP contribution in [-0.2, 0) is 11.2 Å². The number of carboxylic acid groups (broad SMARTS) is 1. The van der Waals surface area contributed by atoms with Gasteiger partial charge in [0.05, 0.1) is 11.4 Å². The zero-order valence-corrected chi connectivity index (χ0v) is 11.6. The molecule has 0 heterocycles. The first-order valence-electron chi connectivity index (χ1n) is 5.59. The van der Waals surface area contributed by atoms with Gasteiger partial charge >= 0.3 is 5.97 Å². The lowest BCUT2D eigenvalue weighted by Crippen LogP contribution is -2.01. The highest BCUT2D eigenvalue weighted by Crippen LogP contribution is 2.33. The van der Waals surface area contributed by atoms with Gasteiger partial charge in [-0.1, -0.05) is 29.4 Å². The maximum Gasteiger partial charge on any atom is 0.307 e. The molecule has 0 amide bonds. The number of carboxylic acids is 1. The molecule has 0 unspecified atom stereocenters. The van der Waals surface area contributed by atoms with E-state index in [1.54, 1.807) is 6.07 Å². The predicted molar refractivity (Wildman–Crippen MR) is 73.3 cm³/mol.